The molecule has 1 saturated heterocycles. The summed E-state index contributed by atoms with van der Waals surface area (Å²) in [5.41, 5.74) is 0. The molecule has 1 aromatic heterocycles. The highest BCUT2D eigenvalue weighted by Gasteiger charge is 2.24. The Morgan fingerprint density at radius 3 is 3.07 bits per heavy atom. The van der Waals surface area contributed by atoms with E-state index in [1.165, 1.54) is 17.8 Å². The fourth-order valence-corrected chi connectivity index (χ4v) is 2.62. The highest BCUT2D eigenvalue weighted by Crippen LogP contribution is 2.20. The Bertz CT molecular complexity index is 307. The van der Waals surface area contributed by atoms with Crippen molar-refractivity contribution in [1.29, 1.82) is 0 Å². The molecule has 0 spiro atoms. The van der Waals surface area contributed by atoms with Crippen LogP contribution in [0.1, 0.15) is 35.9 Å². The van der Waals surface area contributed by atoms with Gasteiger partial charge < -0.3 is 4.90 Å². The van der Waals surface area contributed by atoms with Crippen LogP contribution in [-0.4, -0.2) is 23.4 Å². The summed E-state index contributed by atoms with van der Waals surface area (Å²) in [4.78, 5) is 14.9. The molecule has 1 fully saturated rings. The van der Waals surface area contributed by atoms with E-state index >= 15 is 0 Å². The molecular weight excluding hydrogens is 194 g/mol. The third-order valence-electron chi connectivity index (χ3n) is 2.80. The Hall–Kier alpha value is -0.830. The molecule has 1 aliphatic rings. The van der Waals surface area contributed by atoms with E-state index in [9.17, 15) is 4.79 Å². The third kappa shape index (κ3) is 1.82. The number of likely N-dealkylation sites (tertiary alicyclic amines) is 1. The van der Waals surface area contributed by atoms with Crippen LogP contribution in [0.3, 0.4) is 0 Å². The summed E-state index contributed by atoms with van der Waals surface area (Å²) in [5, 5.41) is 1.96. The van der Waals surface area contributed by atoms with Gasteiger partial charge in [-0.1, -0.05) is 6.07 Å². The van der Waals surface area contributed by atoms with E-state index in [0.717, 1.165) is 24.3 Å². The van der Waals surface area contributed by atoms with Crippen molar-refractivity contribution in [1.82, 2.24) is 4.90 Å². The standard InChI is InChI=1S/C11H15NOS/c1-9-5-2-3-7-12(9)11(13)10-6-4-8-14-10/h4,6,8-9H,2-3,5,7H2,1H3/t9-/m1/s1. The second-order valence-electron chi connectivity index (χ2n) is 3.82. The molecule has 0 radical (unpaired) electrons. The molecule has 2 rings (SSSR count). The van der Waals surface area contributed by atoms with Crippen LogP contribution in [0.25, 0.3) is 0 Å². The van der Waals surface area contributed by atoms with Gasteiger partial charge in [0.2, 0.25) is 0 Å². The molecule has 1 aliphatic heterocycles. The van der Waals surface area contributed by atoms with Gasteiger partial charge >= 0.3 is 0 Å². The van der Waals surface area contributed by atoms with E-state index in [2.05, 4.69) is 6.92 Å². The summed E-state index contributed by atoms with van der Waals surface area (Å²) in [7, 11) is 0. The van der Waals surface area contributed by atoms with Crippen molar-refractivity contribution in [2.45, 2.75) is 32.2 Å². The first-order valence-electron chi connectivity index (χ1n) is 5.13. The van der Waals surface area contributed by atoms with Crippen molar-refractivity contribution in [2.24, 2.45) is 0 Å². The molecule has 0 bridgehead atoms. The van der Waals surface area contributed by atoms with Gasteiger partial charge in [0.25, 0.3) is 5.91 Å². The lowest BCUT2D eigenvalue weighted by molar-refractivity contribution is 0.0640. The predicted molar refractivity (Wildman–Crippen MR) is 58.7 cm³/mol. The Kier molecular flexibility index (Phi) is 2.87. The van der Waals surface area contributed by atoms with Crippen molar-refractivity contribution in [3.8, 4) is 0 Å². The Morgan fingerprint density at radius 2 is 2.43 bits per heavy atom. The molecule has 0 aromatic carbocycles. The van der Waals surface area contributed by atoms with Crippen LogP contribution < -0.4 is 0 Å². The summed E-state index contributed by atoms with van der Waals surface area (Å²) in [6.45, 7) is 3.07. The lowest BCUT2D eigenvalue weighted by Crippen LogP contribution is -2.41. The van der Waals surface area contributed by atoms with Gasteiger partial charge in [0.1, 0.15) is 0 Å². The van der Waals surface area contributed by atoms with Crippen molar-refractivity contribution in [3.05, 3.63) is 22.4 Å². The zero-order valence-electron chi connectivity index (χ0n) is 8.40. The molecule has 0 unspecified atom stereocenters. The van der Waals surface area contributed by atoms with Crippen LogP contribution in [0.4, 0.5) is 0 Å². The molecule has 0 saturated carbocycles. The first-order valence-corrected chi connectivity index (χ1v) is 6.01. The summed E-state index contributed by atoms with van der Waals surface area (Å²) < 4.78 is 0. The van der Waals surface area contributed by atoms with Crippen LogP contribution in [0, 0.1) is 0 Å². The molecule has 2 heterocycles. The Morgan fingerprint density at radius 1 is 1.57 bits per heavy atom. The first kappa shape index (κ1) is 9.71. The monoisotopic (exact) mass is 209 g/mol. The number of rotatable bonds is 1. The zero-order valence-corrected chi connectivity index (χ0v) is 9.22. The number of thiophene rings is 1. The maximum absolute atomic E-state index is 12.0. The molecule has 14 heavy (non-hydrogen) atoms. The molecule has 2 nitrogen and oxygen atoms in total. The highest BCUT2D eigenvalue weighted by atomic mass is 32.1. The third-order valence-corrected chi connectivity index (χ3v) is 3.65. The topological polar surface area (TPSA) is 20.3 Å². The van der Waals surface area contributed by atoms with Crippen LogP contribution in [-0.2, 0) is 0 Å². The number of carbonyl (C=O) groups is 1. The quantitative estimate of drug-likeness (QED) is 0.696. The lowest BCUT2D eigenvalue weighted by Gasteiger charge is -2.33. The van der Waals surface area contributed by atoms with Crippen LogP contribution in [0.5, 0.6) is 0 Å². The van der Waals surface area contributed by atoms with Crippen molar-refractivity contribution < 1.29 is 4.79 Å². The number of carbonyl (C=O) groups excluding carboxylic acids is 1. The minimum atomic E-state index is 0.215. The molecule has 3 heteroatoms. The van der Waals surface area contributed by atoms with Crippen molar-refractivity contribution in [2.75, 3.05) is 6.54 Å². The van der Waals surface area contributed by atoms with Gasteiger partial charge in [-0.2, -0.15) is 0 Å². The van der Waals surface area contributed by atoms with Gasteiger partial charge in [0.15, 0.2) is 0 Å². The molecular formula is C11H15NOS. The minimum Gasteiger partial charge on any atom is -0.335 e. The molecule has 76 valence electrons. The van der Waals surface area contributed by atoms with Crippen LogP contribution in [0.15, 0.2) is 17.5 Å². The second-order valence-corrected chi connectivity index (χ2v) is 4.77. The summed E-state index contributed by atoms with van der Waals surface area (Å²) in [6.07, 6.45) is 3.56. The lowest BCUT2D eigenvalue weighted by atomic mass is 10.0. The zero-order chi connectivity index (χ0) is 9.97. The van der Waals surface area contributed by atoms with E-state index in [1.54, 1.807) is 0 Å². The van der Waals surface area contributed by atoms with Crippen LogP contribution in [0.2, 0.25) is 0 Å². The summed E-state index contributed by atoms with van der Waals surface area (Å²) >= 11 is 1.54. The molecule has 1 atom stereocenters. The second kappa shape index (κ2) is 4.13. The van der Waals surface area contributed by atoms with Gasteiger partial charge in [-0.05, 0) is 37.6 Å². The smallest absolute Gasteiger partial charge is 0.264 e. The van der Waals surface area contributed by atoms with Crippen LogP contribution >= 0.6 is 11.3 Å². The Labute approximate surface area is 88.5 Å². The van der Waals surface area contributed by atoms with Crippen molar-refractivity contribution >= 4 is 17.2 Å². The SMILES string of the molecule is C[C@@H]1CCCCN1C(=O)c1cccs1. The number of hydrogen-bond donors (Lipinski definition) is 0. The number of hydrogen-bond acceptors (Lipinski definition) is 2. The Balaban J connectivity index is 2.10. The normalized spacial score (nSPS) is 22.4. The van der Waals surface area contributed by atoms with E-state index in [0.29, 0.717) is 6.04 Å². The summed E-state index contributed by atoms with van der Waals surface area (Å²) in [6, 6.07) is 4.26. The number of nitrogens with zero attached hydrogens (tertiary/aromatic N) is 1. The maximum atomic E-state index is 12.0. The van der Waals surface area contributed by atoms with E-state index in [4.69, 9.17) is 0 Å². The van der Waals surface area contributed by atoms with E-state index < -0.39 is 0 Å². The fourth-order valence-electron chi connectivity index (χ4n) is 1.94. The van der Waals surface area contributed by atoms with Gasteiger partial charge in [-0.15, -0.1) is 11.3 Å². The number of amides is 1. The molecule has 0 N–H and O–H groups in total. The first-order chi connectivity index (χ1) is 6.79. The fraction of sp³-hybridized carbons (Fsp3) is 0.545. The average Bonchev–Trinajstić information content (AvgIpc) is 2.70. The van der Waals surface area contributed by atoms with Gasteiger partial charge in [-0.3, -0.25) is 4.79 Å². The maximum Gasteiger partial charge on any atom is 0.264 e. The van der Waals surface area contributed by atoms with E-state index in [1.807, 2.05) is 22.4 Å². The number of piperidine rings is 1. The minimum absolute atomic E-state index is 0.215. The van der Waals surface area contributed by atoms with E-state index in [-0.39, 0.29) is 5.91 Å². The van der Waals surface area contributed by atoms with Gasteiger partial charge in [0.05, 0.1) is 4.88 Å². The average molecular weight is 209 g/mol. The predicted octanol–water partition coefficient (Wildman–Crippen LogP) is 2.76. The molecule has 1 aromatic rings. The van der Waals surface area contributed by atoms with Gasteiger partial charge in [0, 0.05) is 12.6 Å². The van der Waals surface area contributed by atoms with Crippen molar-refractivity contribution in [3.63, 3.8) is 0 Å². The largest absolute Gasteiger partial charge is 0.335 e. The molecule has 0 aliphatic carbocycles. The summed E-state index contributed by atoms with van der Waals surface area (Å²) in [5.74, 6) is 0.215. The molecule has 1 amide bonds. The highest BCUT2D eigenvalue weighted by molar-refractivity contribution is 7.12. The van der Waals surface area contributed by atoms with Gasteiger partial charge in [-0.25, -0.2) is 0 Å².